The molecule has 0 radical (unpaired) electrons. The molecule has 0 spiro atoms. The van der Waals surface area contributed by atoms with Crippen LogP contribution in [-0.2, 0) is 10.0 Å². The van der Waals surface area contributed by atoms with E-state index in [1.54, 1.807) is 39.1 Å². The number of nitrogens with one attached hydrogen (secondary N) is 2. The van der Waals surface area contributed by atoms with Gasteiger partial charge in [-0.2, -0.15) is 0 Å². The second-order valence-electron chi connectivity index (χ2n) is 6.08. The van der Waals surface area contributed by atoms with E-state index in [2.05, 4.69) is 15.0 Å². The number of hydrogen-bond donors (Lipinski definition) is 2. The minimum absolute atomic E-state index is 0.116. The van der Waals surface area contributed by atoms with Gasteiger partial charge in [0.1, 0.15) is 0 Å². The third-order valence-corrected chi connectivity index (χ3v) is 4.56. The van der Waals surface area contributed by atoms with E-state index in [0.29, 0.717) is 11.3 Å². The number of aromatic nitrogens is 1. The second-order valence-corrected chi connectivity index (χ2v) is 7.76. The Morgan fingerprint density at radius 2 is 1.74 bits per heavy atom. The molecule has 122 valence electrons. The number of benzene rings is 1. The number of carbonyl (C=O) groups is 1. The lowest BCUT2D eigenvalue weighted by Gasteiger charge is -2.20. The third-order valence-electron chi connectivity index (χ3n) is 2.79. The molecule has 0 aliphatic heterocycles. The van der Waals surface area contributed by atoms with Gasteiger partial charge < -0.3 is 5.32 Å². The zero-order valence-electron chi connectivity index (χ0n) is 13.2. The number of sulfonamides is 1. The van der Waals surface area contributed by atoms with Crippen molar-refractivity contribution in [2.24, 2.45) is 0 Å². The van der Waals surface area contributed by atoms with Crippen molar-refractivity contribution in [3.05, 3.63) is 54.4 Å². The molecule has 1 aromatic carbocycles. The van der Waals surface area contributed by atoms with E-state index in [1.165, 1.54) is 30.5 Å². The van der Waals surface area contributed by atoms with E-state index in [-0.39, 0.29) is 10.8 Å². The number of amides is 1. The second kappa shape index (κ2) is 6.47. The smallest absolute Gasteiger partial charge is 0.255 e. The molecule has 1 amide bonds. The van der Waals surface area contributed by atoms with Crippen LogP contribution in [0.4, 0.5) is 5.69 Å². The Balaban J connectivity index is 2.15. The van der Waals surface area contributed by atoms with Crippen LogP contribution >= 0.6 is 0 Å². The van der Waals surface area contributed by atoms with Crippen molar-refractivity contribution < 1.29 is 13.2 Å². The number of hydrogen-bond acceptors (Lipinski definition) is 4. The van der Waals surface area contributed by atoms with Crippen molar-refractivity contribution in [1.29, 1.82) is 0 Å². The molecular formula is C16H19N3O3S. The molecule has 0 bridgehead atoms. The lowest BCUT2D eigenvalue weighted by atomic mass is 10.1. The van der Waals surface area contributed by atoms with Gasteiger partial charge in [-0.25, -0.2) is 13.1 Å². The highest BCUT2D eigenvalue weighted by atomic mass is 32.2. The number of rotatable bonds is 4. The van der Waals surface area contributed by atoms with E-state index in [1.807, 2.05) is 0 Å². The lowest BCUT2D eigenvalue weighted by molar-refractivity contribution is 0.102. The van der Waals surface area contributed by atoms with E-state index >= 15 is 0 Å². The van der Waals surface area contributed by atoms with Gasteiger partial charge in [0.25, 0.3) is 5.91 Å². The van der Waals surface area contributed by atoms with Crippen LogP contribution in [0.1, 0.15) is 31.1 Å². The van der Waals surface area contributed by atoms with Gasteiger partial charge in [-0.3, -0.25) is 9.78 Å². The predicted molar refractivity (Wildman–Crippen MR) is 88.7 cm³/mol. The molecule has 0 saturated carbocycles. The Labute approximate surface area is 136 Å². The summed E-state index contributed by atoms with van der Waals surface area (Å²) in [6.45, 7) is 5.29. The summed E-state index contributed by atoms with van der Waals surface area (Å²) in [7, 11) is -3.61. The maximum Gasteiger partial charge on any atom is 0.255 e. The monoisotopic (exact) mass is 333 g/mol. The van der Waals surface area contributed by atoms with Crippen LogP contribution in [0.2, 0.25) is 0 Å². The first-order valence-electron chi connectivity index (χ1n) is 7.03. The molecule has 1 aromatic heterocycles. The summed E-state index contributed by atoms with van der Waals surface area (Å²) < 4.78 is 27.0. The summed E-state index contributed by atoms with van der Waals surface area (Å²) in [6.07, 6.45) is 3.14. The summed E-state index contributed by atoms with van der Waals surface area (Å²) >= 11 is 0. The average Bonchev–Trinajstić information content (AvgIpc) is 2.46. The highest BCUT2D eigenvalue weighted by Gasteiger charge is 2.22. The van der Waals surface area contributed by atoms with Crippen molar-refractivity contribution in [3.8, 4) is 0 Å². The molecular weight excluding hydrogens is 314 g/mol. The fourth-order valence-corrected chi connectivity index (χ4v) is 3.31. The van der Waals surface area contributed by atoms with E-state index in [0.717, 1.165) is 0 Å². The first kappa shape index (κ1) is 17.1. The molecule has 7 heteroatoms. The minimum atomic E-state index is -3.61. The van der Waals surface area contributed by atoms with Gasteiger partial charge in [0.05, 0.1) is 16.8 Å². The molecule has 0 atom stereocenters. The molecule has 23 heavy (non-hydrogen) atoms. The molecule has 0 fully saturated rings. The summed E-state index contributed by atoms with van der Waals surface area (Å²) in [5.41, 5.74) is 0.363. The number of pyridine rings is 1. The van der Waals surface area contributed by atoms with Gasteiger partial charge in [-0.05, 0) is 57.2 Å². The summed E-state index contributed by atoms with van der Waals surface area (Å²) in [5, 5.41) is 2.69. The molecule has 6 nitrogen and oxygen atoms in total. The zero-order valence-corrected chi connectivity index (χ0v) is 14.0. The van der Waals surface area contributed by atoms with Crippen molar-refractivity contribution in [2.45, 2.75) is 31.2 Å². The highest BCUT2D eigenvalue weighted by molar-refractivity contribution is 7.89. The van der Waals surface area contributed by atoms with Gasteiger partial charge in [0, 0.05) is 17.3 Å². The van der Waals surface area contributed by atoms with E-state index in [9.17, 15) is 13.2 Å². The minimum Gasteiger partial charge on any atom is -0.321 e. The Morgan fingerprint density at radius 1 is 1.09 bits per heavy atom. The Hall–Kier alpha value is -2.25. The lowest BCUT2D eigenvalue weighted by Crippen LogP contribution is -2.40. The van der Waals surface area contributed by atoms with Gasteiger partial charge >= 0.3 is 0 Å². The SMILES string of the molecule is CC(C)(C)NS(=O)(=O)c1ccc(C(=O)Nc2cccnc2)cc1. The quantitative estimate of drug-likeness (QED) is 0.899. The molecule has 2 aromatic rings. The maximum atomic E-state index is 12.2. The Morgan fingerprint density at radius 3 is 2.26 bits per heavy atom. The van der Waals surface area contributed by atoms with Crippen LogP contribution in [-0.4, -0.2) is 24.8 Å². The zero-order chi connectivity index (χ0) is 17.1. The van der Waals surface area contributed by atoms with Gasteiger partial charge in [0.15, 0.2) is 0 Å². The van der Waals surface area contributed by atoms with Gasteiger partial charge in [-0.1, -0.05) is 0 Å². The van der Waals surface area contributed by atoms with E-state index in [4.69, 9.17) is 0 Å². The first-order chi connectivity index (χ1) is 10.7. The molecule has 0 aliphatic carbocycles. The van der Waals surface area contributed by atoms with Crippen LogP contribution in [0.5, 0.6) is 0 Å². The summed E-state index contributed by atoms with van der Waals surface area (Å²) in [5.74, 6) is -0.328. The fraction of sp³-hybridized carbons (Fsp3) is 0.250. The van der Waals surface area contributed by atoms with Crippen LogP contribution < -0.4 is 10.0 Å². The fourth-order valence-electron chi connectivity index (χ4n) is 1.89. The predicted octanol–water partition coefficient (Wildman–Crippen LogP) is 2.41. The van der Waals surface area contributed by atoms with Crippen molar-refractivity contribution >= 4 is 21.6 Å². The standard InChI is InChI=1S/C16H19N3O3S/c1-16(2,3)19-23(21,22)14-8-6-12(7-9-14)15(20)18-13-5-4-10-17-11-13/h4-11,19H,1-3H3,(H,18,20). The normalized spacial score (nSPS) is 12.0. The number of anilines is 1. The van der Waals surface area contributed by atoms with Crippen LogP contribution in [0.3, 0.4) is 0 Å². The Bertz CT molecular complexity index is 780. The molecule has 0 unspecified atom stereocenters. The van der Waals surface area contributed by atoms with E-state index < -0.39 is 15.6 Å². The van der Waals surface area contributed by atoms with Crippen LogP contribution in [0.25, 0.3) is 0 Å². The number of nitrogens with zero attached hydrogens (tertiary/aromatic N) is 1. The molecule has 0 saturated heterocycles. The van der Waals surface area contributed by atoms with Crippen molar-refractivity contribution in [2.75, 3.05) is 5.32 Å². The molecule has 0 aliphatic rings. The molecule has 2 rings (SSSR count). The summed E-state index contributed by atoms with van der Waals surface area (Å²) in [4.78, 5) is 16.1. The molecule has 2 N–H and O–H groups in total. The van der Waals surface area contributed by atoms with Crippen LogP contribution in [0.15, 0.2) is 53.7 Å². The largest absolute Gasteiger partial charge is 0.321 e. The highest BCUT2D eigenvalue weighted by Crippen LogP contribution is 2.15. The topological polar surface area (TPSA) is 88.2 Å². The third kappa shape index (κ3) is 4.87. The van der Waals surface area contributed by atoms with Crippen molar-refractivity contribution in [3.63, 3.8) is 0 Å². The summed E-state index contributed by atoms with van der Waals surface area (Å²) in [6, 6.07) is 9.20. The van der Waals surface area contributed by atoms with Crippen LogP contribution in [0, 0.1) is 0 Å². The van der Waals surface area contributed by atoms with Crippen molar-refractivity contribution in [1.82, 2.24) is 9.71 Å². The van der Waals surface area contributed by atoms with Gasteiger partial charge in [0.2, 0.25) is 10.0 Å². The molecule has 1 heterocycles. The number of carbonyl (C=O) groups excluding carboxylic acids is 1. The van der Waals surface area contributed by atoms with Gasteiger partial charge in [-0.15, -0.1) is 0 Å². The average molecular weight is 333 g/mol. The first-order valence-corrected chi connectivity index (χ1v) is 8.51. The Kier molecular flexibility index (Phi) is 4.82. The maximum absolute atomic E-state index is 12.2.